The molecule has 3 rings (SSSR count). The molecule has 1 aromatic rings. The molecule has 4 heteroatoms. The predicted molar refractivity (Wildman–Crippen MR) is 71.6 cm³/mol. The first-order valence-electron chi connectivity index (χ1n) is 7.02. The van der Waals surface area contributed by atoms with Gasteiger partial charge in [-0.2, -0.15) is 0 Å². The minimum absolute atomic E-state index is 0.135. The highest BCUT2D eigenvalue weighted by atomic mass is 16.4. The second-order valence-corrected chi connectivity index (χ2v) is 5.91. The maximum absolute atomic E-state index is 11.4. The Morgan fingerprint density at radius 1 is 1.47 bits per heavy atom. The van der Waals surface area contributed by atoms with Gasteiger partial charge in [-0.3, -0.25) is 9.78 Å². The molecule has 0 aliphatic heterocycles. The van der Waals surface area contributed by atoms with E-state index in [0.29, 0.717) is 11.8 Å². The molecular formula is C15H20N2O2. The van der Waals surface area contributed by atoms with Gasteiger partial charge in [-0.05, 0) is 55.2 Å². The molecule has 0 aromatic carbocycles. The molecule has 4 unspecified atom stereocenters. The number of hydrogen-bond acceptors (Lipinski definition) is 3. The van der Waals surface area contributed by atoms with Gasteiger partial charge in [0.15, 0.2) is 0 Å². The zero-order valence-corrected chi connectivity index (χ0v) is 11.2. The normalized spacial score (nSPS) is 32.7. The first-order valence-corrected chi connectivity index (χ1v) is 7.02. The van der Waals surface area contributed by atoms with E-state index >= 15 is 0 Å². The Hall–Kier alpha value is -1.42. The molecule has 102 valence electrons. The Balaban J connectivity index is 1.69. The molecule has 1 heterocycles. The van der Waals surface area contributed by atoms with E-state index in [-0.39, 0.29) is 12.0 Å². The van der Waals surface area contributed by atoms with E-state index in [1.54, 1.807) is 6.20 Å². The number of carboxylic acid groups (broad SMARTS) is 1. The number of aromatic nitrogens is 1. The van der Waals surface area contributed by atoms with Crippen molar-refractivity contribution in [1.82, 2.24) is 10.3 Å². The van der Waals surface area contributed by atoms with Crippen LogP contribution in [0.2, 0.25) is 0 Å². The third kappa shape index (κ3) is 2.25. The Labute approximate surface area is 113 Å². The van der Waals surface area contributed by atoms with Crippen LogP contribution in [0.4, 0.5) is 0 Å². The summed E-state index contributed by atoms with van der Waals surface area (Å²) in [7, 11) is 0. The highest BCUT2D eigenvalue weighted by Crippen LogP contribution is 2.48. The quantitative estimate of drug-likeness (QED) is 0.869. The Morgan fingerprint density at radius 3 is 3.00 bits per heavy atom. The van der Waals surface area contributed by atoms with Crippen LogP contribution in [0.25, 0.3) is 0 Å². The van der Waals surface area contributed by atoms with Gasteiger partial charge in [-0.1, -0.05) is 0 Å². The van der Waals surface area contributed by atoms with E-state index in [1.807, 2.05) is 12.3 Å². The fourth-order valence-corrected chi connectivity index (χ4v) is 3.85. The molecule has 2 aliphatic carbocycles. The number of pyridine rings is 1. The predicted octanol–water partition coefficient (Wildman–Crippen LogP) is 1.98. The molecule has 0 amide bonds. The zero-order valence-electron chi connectivity index (χ0n) is 11.2. The molecule has 19 heavy (non-hydrogen) atoms. The minimum atomic E-state index is -0.632. The molecule has 4 nitrogen and oxygen atoms in total. The summed E-state index contributed by atoms with van der Waals surface area (Å²) in [5.74, 6) is 0.0985. The lowest BCUT2D eigenvalue weighted by Crippen LogP contribution is -2.43. The number of aliphatic carboxylic acids is 1. The Kier molecular flexibility index (Phi) is 3.27. The van der Waals surface area contributed by atoms with Gasteiger partial charge in [0.1, 0.15) is 0 Å². The highest BCUT2D eigenvalue weighted by molar-refractivity contribution is 5.72. The molecule has 0 saturated heterocycles. The SMILES string of the molecule is Cc1ccncc1CNC1C2CCC(C2)C1C(=O)O. The summed E-state index contributed by atoms with van der Waals surface area (Å²) < 4.78 is 0. The number of carbonyl (C=O) groups is 1. The molecule has 2 N–H and O–H groups in total. The number of nitrogens with zero attached hydrogens (tertiary/aromatic N) is 1. The van der Waals surface area contributed by atoms with Crippen molar-refractivity contribution in [2.45, 2.75) is 38.8 Å². The molecule has 0 radical (unpaired) electrons. The van der Waals surface area contributed by atoms with Gasteiger partial charge in [0.05, 0.1) is 5.92 Å². The van der Waals surface area contributed by atoms with Gasteiger partial charge in [0, 0.05) is 25.0 Å². The van der Waals surface area contributed by atoms with Crippen LogP contribution >= 0.6 is 0 Å². The molecular weight excluding hydrogens is 240 g/mol. The van der Waals surface area contributed by atoms with E-state index in [2.05, 4.69) is 17.2 Å². The summed E-state index contributed by atoms with van der Waals surface area (Å²) in [4.78, 5) is 15.6. The van der Waals surface area contributed by atoms with Crippen LogP contribution in [-0.2, 0) is 11.3 Å². The van der Waals surface area contributed by atoms with Crippen molar-refractivity contribution in [2.75, 3.05) is 0 Å². The number of fused-ring (bicyclic) bond motifs is 2. The second-order valence-electron chi connectivity index (χ2n) is 5.91. The lowest BCUT2D eigenvalue weighted by Gasteiger charge is -2.29. The van der Waals surface area contributed by atoms with Gasteiger partial charge in [0.25, 0.3) is 0 Å². The fourth-order valence-electron chi connectivity index (χ4n) is 3.85. The first kappa shape index (κ1) is 12.6. The van der Waals surface area contributed by atoms with Crippen LogP contribution in [0, 0.1) is 24.7 Å². The number of carboxylic acids is 1. The van der Waals surface area contributed by atoms with E-state index < -0.39 is 5.97 Å². The van der Waals surface area contributed by atoms with E-state index in [0.717, 1.165) is 24.9 Å². The van der Waals surface area contributed by atoms with Crippen molar-refractivity contribution in [3.05, 3.63) is 29.6 Å². The van der Waals surface area contributed by atoms with Crippen molar-refractivity contribution in [1.29, 1.82) is 0 Å². The average Bonchev–Trinajstić information content (AvgIpc) is 2.98. The van der Waals surface area contributed by atoms with Gasteiger partial charge >= 0.3 is 5.97 Å². The number of hydrogen-bond donors (Lipinski definition) is 2. The van der Waals surface area contributed by atoms with Gasteiger partial charge in [-0.25, -0.2) is 0 Å². The van der Waals surface area contributed by atoms with E-state index in [9.17, 15) is 9.90 Å². The van der Waals surface area contributed by atoms with Crippen LogP contribution in [0.3, 0.4) is 0 Å². The second kappa shape index (κ2) is 4.93. The number of rotatable bonds is 4. The van der Waals surface area contributed by atoms with Crippen molar-refractivity contribution >= 4 is 5.97 Å². The van der Waals surface area contributed by atoms with Gasteiger partial charge in [-0.15, -0.1) is 0 Å². The smallest absolute Gasteiger partial charge is 0.308 e. The van der Waals surface area contributed by atoms with Crippen molar-refractivity contribution < 1.29 is 9.90 Å². The summed E-state index contributed by atoms with van der Waals surface area (Å²) in [6.07, 6.45) is 7.01. The number of nitrogens with one attached hydrogen (secondary N) is 1. The molecule has 2 bridgehead atoms. The maximum atomic E-state index is 11.4. The summed E-state index contributed by atoms with van der Waals surface area (Å²) in [5, 5.41) is 12.9. The van der Waals surface area contributed by atoms with E-state index in [1.165, 1.54) is 12.0 Å². The average molecular weight is 260 g/mol. The van der Waals surface area contributed by atoms with Crippen LogP contribution in [0.5, 0.6) is 0 Å². The van der Waals surface area contributed by atoms with Gasteiger partial charge in [0.2, 0.25) is 0 Å². The lowest BCUT2D eigenvalue weighted by molar-refractivity contribution is -0.144. The van der Waals surface area contributed by atoms with Crippen LogP contribution in [0.1, 0.15) is 30.4 Å². The lowest BCUT2D eigenvalue weighted by atomic mass is 9.84. The van der Waals surface area contributed by atoms with Crippen molar-refractivity contribution in [3.63, 3.8) is 0 Å². The Morgan fingerprint density at radius 2 is 2.26 bits per heavy atom. The third-order valence-electron chi connectivity index (χ3n) is 4.88. The van der Waals surface area contributed by atoms with Crippen molar-refractivity contribution in [3.8, 4) is 0 Å². The Bertz CT molecular complexity index is 489. The van der Waals surface area contributed by atoms with Crippen molar-refractivity contribution in [2.24, 2.45) is 17.8 Å². The molecule has 0 spiro atoms. The monoisotopic (exact) mass is 260 g/mol. The van der Waals surface area contributed by atoms with Crippen LogP contribution < -0.4 is 5.32 Å². The molecule has 2 fully saturated rings. The molecule has 2 saturated carbocycles. The molecule has 1 aromatic heterocycles. The number of aryl methyl sites for hydroxylation is 1. The summed E-state index contributed by atoms with van der Waals surface area (Å²) in [5.41, 5.74) is 2.37. The third-order valence-corrected chi connectivity index (χ3v) is 4.88. The topological polar surface area (TPSA) is 62.2 Å². The maximum Gasteiger partial charge on any atom is 0.308 e. The summed E-state index contributed by atoms with van der Waals surface area (Å²) in [6, 6.07) is 2.13. The minimum Gasteiger partial charge on any atom is -0.481 e. The molecule has 4 atom stereocenters. The van der Waals surface area contributed by atoms with Crippen LogP contribution in [-0.4, -0.2) is 22.1 Å². The largest absolute Gasteiger partial charge is 0.481 e. The standard InChI is InChI=1S/C15H20N2O2/c1-9-4-5-16-7-12(9)8-17-14-11-3-2-10(6-11)13(14)15(18)19/h4-5,7,10-11,13-14,17H,2-3,6,8H2,1H3,(H,18,19). The van der Waals surface area contributed by atoms with Crippen LogP contribution in [0.15, 0.2) is 18.5 Å². The summed E-state index contributed by atoms with van der Waals surface area (Å²) in [6.45, 7) is 2.78. The summed E-state index contributed by atoms with van der Waals surface area (Å²) >= 11 is 0. The first-order chi connectivity index (χ1) is 9.16. The highest BCUT2D eigenvalue weighted by Gasteiger charge is 2.50. The van der Waals surface area contributed by atoms with Gasteiger partial charge < -0.3 is 10.4 Å². The fraction of sp³-hybridized carbons (Fsp3) is 0.600. The zero-order chi connectivity index (χ0) is 13.4. The molecule has 2 aliphatic rings. The van der Waals surface area contributed by atoms with E-state index in [4.69, 9.17) is 0 Å².